The van der Waals surface area contributed by atoms with E-state index in [-0.39, 0.29) is 12.5 Å². The van der Waals surface area contributed by atoms with Gasteiger partial charge < -0.3 is 9.84 Å². The molecule has 0 aromatic heterocycles. The van der Waals surface area contributed by atoms with E-state index in [2.05, 4.69) is 0 Å². The van der Waals surface area contributed by atoms with Gasteiger partial charge in [-0.15, -0.1) is 0 Å². The highest BCUT2D eigenvalue weighted by molar-refractivity contribution is 5.72. The van der Waals surface area contributed by atoms with E-state index >= 15 is 0 Å². The second-order valence-corrected chi connectivity index (χ2v) is 3.20. The number of alkyl halides is 1. The lowest BCUT2D eigenvalue weighted by atomic mass is 9.99. The molecular formula is C8H13FO3. The first kappa shape index (κ1) is 9.45. The highest BCUT2D eigenvalue weighted by atomic mass is 19.1. The number of ether oxygens (including phenoxy) is 1. The number of aliphatic carboxylic acids is 1. The maximum atomic E-state index is 13.0. The lowest BCUT2D eigenvalue weighted by Crippen LogP contribution is -2.30. The summed E-state index contributed by atoms with van der Waals surface area (Å²) < 4.78 is 17.8. The predicted octanol–water partition coefficient (Wildman–Crippen LogP) is 1.08. The van der Waals surface area contributed by atoms with Crippen molar-refractivity contribution < 1.29 is 19.0 Å². The van der Waals surface area contributed by atoms with Gasteiger partial charge in [0, 0.05) is 13.0 Å². The van der Waals surface area contributed by atoms with Gasteiger partial charge in [-0.1, -0.05) is 0 Å². The van der Waals surface area contributed by atoms with E-state index in [1.165, 1.54) is 7.11 Å². The molecule has 3 nitrogen and oxygen atoms in total. The van der Waals surface area contributed by atoms with Gasteiger partial charge in [-0.2, -0.15) is 0 Å². The van der Waals surface area contributed by atoms with Crippen LogP contribution in [0.4, 0.5) is 4.39 Å². The monoisotopic (exact) mass is 176 g/mol. The third-order valence-electron chi connectivity index (χ3n) is 2.20. The second kappa shape index (κ2) is 3.85. The van der Waals surface area contributed by atoms with E-state index < -0.39 is 18.1 Å². The topological polar surface area (TPSA) is 46.5 Å². The Hall–Kier alpha value is -0.640. The summed E-state index contributed by atoms with van der Waals surface area (Å²) in [6.45, 7) is 0.206. The summed E-state index contributed by atoms with van der Waals surface area (Å²) >= 11 is 0. The van der Waals surface area contributed by atoms with Gasteiger partial charge in [-0.25, -0.2) is 9.18 Å². The van der Waals surface area contributed by atoms with Crippen LogP contribution in [0.5, 0.6) is 0 Å². The van der Waals surface area contributed by atoms with E-state index in [1.807, 2.05) is 0 Å². The van der Waals surface area contributed by atoms with Crippen molar-refractivity contribution in [2.45, 2.75) is 19.0 Å². The zero-order valence-electron chi connectivity index (χ0n) is 7.00. The Morgan fingerprint density at radius 2 is 2.33 bits per heavy atom. The molecule has 1 saturated carbocycles. The minimum Gasteiger partial charge on any atom is -0.479 e. The standard InChI is InChI=1S/C8H13FO3/c1-12-4-6(5-2-3-5)7(9)8(10)11/h5-7H,2-4H2,1H3,(H,10,11). The average Bonchev–Trinajstić information content (AvgIpc) is 2.81. The molecule has 0 bridgehead atoms. The number of carboxylic acid groups (broad SMARTS) is 1. The van der Waals surface area contributed by atoms with Gasteiger partial charge in [0.2, 0.25) is 6.17 Å². The van der Waals surface area contributed by atoms with Gasteiger partial charge in [-0.3, -0.25) is 0 Å². The normalized spacial score (nSPS) is 21.8. The van der Waals surface area contributed by atoms with Crippen molar-refractivity contribution in [3.63, 3.8) is 0 Å². The molecule has 4 heteroatoms. The molecule has 1 fully saturated rings. The summed E-state index contributed by atoms with van der Waals surface area (Å²) in [6.07, 6.45) is 0.0983. The molecule has 70 valence electrons. The first-order valence-electron chi connectivity index (χ1n) is 4.02. The first-order valence-corrected chi connectivity index (χ1v) is 4.02. The van der Waals surface area contributed by atoms with E-state index in [1.54, 1.807) is 0 Å². The Balaban J connectivity index is 2.45. The fourth-order valence-electron chi connectivity index (χ4n) is 1.36. The number of carbonyl (C=O) groups is 1. The van der Waals surface area contributed by atoms with E-state index in [0.29, 0.717) is 0 Å². The van der Waals surface area contributed by atoms with E-state index in [0.717, 1.165) is 12.8 Å². The van der Waals surface area contributed by atoms with Crippen LogP contribution in [0.15, 0.2) is 0 Å². The molecule has 1 N–H and O–H groups in total. The molecule has 1 rings (SSSR count). The Labute approximate surface area is 70.5 Å². The summed E-state index contributed by atoms with van der Waals surface area (Å²) in [5, 5.41) is 8.43. The fourth-order valence-corrected chi connectivity index (χ4v) is 1.36. The van der Waals surface area contributed by atoms with Crippen LogP contribution in [0, 0.1) is 11.8 Å². The molecule has 1 aliphatic carbocycles. The van der Waals surface area contributed by atoms with Crippen molar-refractivity contribution in [2.75, 3.05) is 13.7 Å². The highest BCUT2D eigenvalue weighted by Gasteiger charge is 2.40. The molecule has 0 aromatic carbocycles. The van der Waals surface area contributed by atoms with Gasteiger partial charge in [0.25, 0.3) is 0 Å². The number of hydrogen-bond donors (Lipinski definition) is 1. The van der Waals surface area contributed by atoms with Crippen LogP contribution < -0.4 is 0 Å². The Bertz CT molecular complexity index is 168. The van der Waals surface area contributed by atoms with Crippen LogP contribution in [0.25, 0.3) is 0 Å². The van der Waals surface area contributed by atoms with Crippen LogP contribution in [0.1, 0.15) is 12.8 Å². The summed E-state index contributed by atoms with van der Waals surface area (Å²) in [5.41, 5.74) is 0. The lowest BCUT2D eigenvalue weighted by molar-refractivity contribution is -0.146. The molecule has 0 spiro atoms. The van der Waals surface area contributed by atoms with Gasteiger partial charge in [0.05, 0.1) is 6.61 Å². The predicted molar refractivity (Wildman–Crippen MR) is 40.6 cm³/mol. The third-order valence-corrected chi connectivity index (χ3v) is 2.20. The molecule has 12 heavy (non-hydrogen) atoms. The van der Waals surface area contributed by atoms with Crippen LogP contribution in [-0.2, 0) is 9.53 Å². The van der Waals surface area contributed by atoms with E-state index in [4.69, 9.17) is 9.84 Å². The largest absolute Gasteiger partial charge is 0.479 e. The summed E-state index contributed by atoms with van der Waals surface area (Å²) in [4.78, 5) is 10.3. The van der Waals surface area contributed by atoms with Crippen molar-refractivity contribution >= 4 is 5.97 Å². The SMILES string of the molecule is COCC(C1CC1)C(F)C(=O)O. The second-order valence-electron chi connectivity index (χ2n) is 3.20. The van der Waals surface area contributed by atoms with Gasteiger partial charge in [0.1, 0.15) is 0 Å². The zero-order valence-corrected chi connectivity index (χ0v) is 7.00. The molecule has 2 atom stereocenters. The van der Waals surface area contributed by atoms with Crippen LogP contribution in [0.3, 0.4) is 0 Å². The lowest BCUT2D eigenvalue weighted by Gasteiger charge is -2.15. The quantitative estimate of drug-likeness (QED) is 0.681. The molecule has 0 aromatic rings. The van der Waals surface area contributed by atoms with Crippen LogP contribution in [0.2, 0.25) is 0 Å². The van der Waals surface area contributed by atoms with Crippen molar-refractivity contribution in [3.8, 4) is 0 Å². The number of halogens is 1. The van der Waals surface area contributed by atoms with Gasteiger partial charge in [-0.05, 0) is 18.8 Å². The van der Waals surface area contributed by atoms with Crippen LogP contribution in [-0.4, -0.2) is 31.0 Å². The maximum Gasteiger partial charge on any atom is 0.338 e. The minimum absolute atomic E-state index is 0.206. The van der Waals surface area contributed by atoms with E-state index in [9.17, 15) is 9.18 Å². The first-order chi connectivity index (χ1) is 5.66. The molecule has 2 unspecified atom stereocenters. The van der Waals surface area contributed by atoms with Crippen molar-refractivity contribution in [3.05, 3.63) is 0 Å². The van der Waals surface area contributed by atoms with Crippen molar-refractivity contribution in [1.82, 2.24) is 0 Å². The van der Waals surface area contributed by atoms with Crippen molar-refractivity contribution in [2.24, 2.45) is 11.8 Å². The fraction of sp³-hybridized carbons (Fsp3) is 0.875. The number of carboxylic acids is 1. The smallest absolute Gasteiger partial charge is 0.338 e. The number of rotatable bonds is 5. The maximum absolute atomic E-state index is 13.0. The minimum atomic E-state index is -1.77. The Morgan fingerprint density at radius 3 is 2.67 bits per heavy atom. The molecule has 0 heterocycles. The van der Waals surface area contributed by atoms with Crippen LogP contribution >= 0.6 is 0 Å². The number of methoxy groups -OCH3 is 1. The Kier molecular flexibility index (Phi) is 3.03. The molecule has 0 radical (unpaired) electrons. The van der Waals surface area contributed by atoms with Crippen molar-refractivity contribution in [1.29, 1.82) is 0 Å². The third kappa shape index (κ3) is 2.17. The molecule has 0 saturated heterocycles. The highest BCUT2D eigenvalue weighted by Crippen LogP contribution is 2.39. The summed E-state index contributed by atoms with van der Waals surface area (Å²) in [5.74, 6) is -1.60. The summed E-state index contributed by atoms with van der Waals surface area (Å²) in [7, 11) is 1.46. The molecule has 0 amide bonds. The zero-order chi connectivity index (χ0) is 9.14. The molecule has 1 aliphatic rings. The average molecular weight is 176 g/mol. The number of hydrogen-bond acceptors (Lipinski definition) is 2. The molecular weight excluding hydrogens is 163 g/mol. The summed E-state index contributed by atoms with van der Waals surface area (Å²) in [6, 6.07) is 0. The molecule has 0 aliphatic heterocycles. The van der Waals surface area contributed by atoms with Gasteiger partial charge in [0.15, 0.2) is 0 Å². The van der Waals surface area contributed by atoms with Gasteiger partial charge >= 0.3 is 5.97 Å². The Morgan fingerprint density at radius 1 is 1.75 bits per heavy atom.